The van der Waals surface area contributed by atoms with Gasteiger partial charge in [0.25, 0.3) is 0 Å². The maximum Gasteiger partial charge on any atom is 0.247 e. The number of hydrogen-bond acceptors (Lipinski definition) is 3. The van der Waals surface area contributed by atoms with E-state index in [-0.39, 0.29) is 18.6 Å². The Hall–Kier alpha value is -0.900. The molecule has 1 amide bonds. The zero-order valence-electron chi connectivity index (χ0n) is 8.50. The number of nitrogens with one attached hydrogen (secondary N) is 1. The number of hydrogen-bond donors (Lipinski definition) is 2. The van der Waals surface area contributed by atoms with Gasteiger partial charge in [0.05, 0.1) is 12.6 Å². The minimum absolute atomic E-state index is 0.0462. The van der Waals surface area contributed by atoms with Gasteiger partial charge in [-0.25, -0.2) is 0 Å². The maximum absolute atomic E-state index is 11.5. The quantitative estimate of drug-likeness (QED) is 0.609. The average Bonchev–Trinajstić information content (AvgIpc) is 2.13. The van der Waals surface area contributed by atoms with Gasteiger partial charge in [-0.3, -0.25) is 9.79 Å². The Morgan fingerprint density at radius 1 is 1.69 bits per heavy atom. The number of aliphatic imine (C=N–C) groups is 1. The van der Waals surface area contributed by atoms with Crippen molar-refractivity contribution >= 4 is 12.6 Å². The van der Waals surface area contributed by atoms with Gasteiger partial charge < -0.3 is 10.4 Å². The van der Waals surface area contributed by atoms with Crippen LogP contribution in [0.3, 0.4) is 0 Å². The minimum Gasteiger partial charge on any atom is -0.394 e. The number of amides is 1. The van der Waals surface area contributed by atoms with E-state index in [2.05, 4.69) is 17.0 Å². The summed E-state index contributed by atoms with van der Waals surface area (Å²) in [5.41, 5.74) is -0.817. The second-order valence-electron chi connectivity index (χ2n) is 3.48. The van der Waals surface area contributed by atoms with Gasteiger partial charge in [-0.15, -0.1) is 0 Å². The monoisotopic (exact) mass is 186 g/mol. The summed E-state index contributed by atoms with van der Waals surface area (Å²) in [6.45, 7) is 8.55. The van der Waals surface area contributed by atoms with Crippen LogP contribution in [0.2, 0.25) is 0 Å². The van der Waals surface area contributed by atoms with E-state index in [4.69, 9.17) is 5.11 Å². The van der Waals surface area contributed by atoms with E-state index in [1.165, 1.54) is 0 Å². The fourth-order valence-electron chi connectivity index (χ4n) is 0.711. The van der Waals surface area contributed by atoms with Gasteiger partial charge in [0.1, 0.15) is 5.54 Å². The Morgan fingerprint density at radius 3 is 2.54 bits per heavy atom. The smallest absolute Gasteiger partial charge is 0.247 e. The third-order valence-corrected chi connectivity index (χ3v) is 2.00. The molecule has 0 aliphatic carbocycles. The zero-order valence-corrected chi connectivity index (χ0v) is 8.50. The van der Waals surface area contributed by atoms with Crippen molar-refractivity contribution in [3.63, 3.8) is 0 Å². The molecule has 0 spiro atoms. The highest BCUT2D eigenvalue weighted by Crippen LogP contribution is 2.08. The first kappa shape index (κ1) is 12.1. The van der Waals surface area contributed by atoms with E-state index in [1.54, 1.807) is 13.8 Å². The van der Waals surface area contributed by atoms with Crippen LogP contribution in [0.25, 0.3) is 0 Å². The molecule has 2 N–H and O–H groups in total. The predicted octanol–water partition coefficient (Wildman–Crippen LogP) is 0.353. The highest BCUT2D eigenvalue weighted by molar-refractivity contribution is 5.86. The molecule has 0 aromatic heterocycles. The molecule has 0 saturated heterocycles. The molecule has 0 aliphatic heterocycles. The first-order chi connectivity index (χ1) is 5.97. The van der Waals surface area contributed by atoms with Crippen molar-refractivity contribution in [3.8, 4) is 0 Å². The Labute approximate surface area is 79.1 Å². The van der Waals surface area contributed by atoms with Gasteiger partial charge in [0, 0.05) is 0 Å². The summed E-state index contributed by atoms with van der Waals surface area (Å²) in [6, 6.07) is -0.187. The summed E-state index contributed by atoms with van der Waals surface area (Å²) >= 11 is 0. The van der Waals surface area contributed by atoms with Crippen molar-refractivity contribution < 1.29 is 9.90 Å². The van der Waals surface area contributed by atoms with E-state index < -0.39 is 5.54 Å². The molecule has 1 unspecified atom stereocenters. The fraction of sp³-hybridized carbons (Fsp3) is 0.778. The third-order valence-electron chi connectivity index (χ3n) is 2.00. The van der Waals surface area contributed by atoms with Crippen molar-refractivity contribution in [2.75, 3.05) is 6.61 Å². The average molecular weight is 186 g/mol. The van der Waals surface area contributed by atoms with Crippen LogP contribution < -0.4 is 5.32 Å². The Kier molecular flexibility index (Phi) is 4.62. The third kappa shape index (κ3) is 3.55. The zero-order chi connectivity index (χ0) is 10.5. The van der Waals surface area contributed by atoms with Gasteiger partial charge in [0.2, 0.25) is 5.91 Å². The lowest BCUT2D eigenvalue weighted by molar-refractivity contribution is -0.126. The summed E-state index contributed by atoms with van der Waals surface area (Å²) in [4.78, 5) is 15.2. The molecule has 0 heterocycles. The van der Waals surface area contributed by atoms with Crippen molar-refractivity contribution in [2.24, 2.45) is 4.99 Å². The lowest BCUT2D eigenvalue weighted by Crippen LogP contribution is -2.46. The number of carbonyl (C=O) groups excluding carboxylic acids is 1. The van der Waals surface area contributed by atoms with Crippen molar-refractivity contribution in [1.82, 2.24) is 5.32 Å². The van der Waals surface area contributed by atoms with Crippen LogP contribution >= 0.6 is 0 Å². The Bertz CT molecular complexity index is 186. The maximum atomic E-state index is 11.5. The van der Waals surface area contributed by atoms with Gasteiger partial charge >= 0.3 is 0 Å². The molecule has 0 saturated carbocycles. The number of rotatable bonds is 5. The molecule has 0 aromatic rings. The highest BCUT2D eigenvalue weighted by Gasteiger charge is 2.26. The van der Waals surface area contributed by atoms with E-state index >= 15 is 0 Å². The van der Waals surface area contributed by atoms with Crippen LogP contribution in [0, 0.1) is 0 Å². The van der Waals surface area contributed by atoms with Crippen molar-refractivity contribution in [3.05, 3.63) is 0 Å². The van der Waals surface area contributed by atoms with E-state index in [1.807, 2.05) is 6.92 Å². The van der Waals surface area contributed by atoms with E-state index in [0.717, 1.165) is 0 Å². The highest BCUT2D eigenvalue weighted by atomic mass is 16.3. The number of nitrogens with zero attached hydrogens (tertiary/aromatic N) is 1. The molecular weight excluding hydrogens is 168 g/mol. The number of aliphatic hydroxyl groups is 1. The van der Waals surface area contributed by atoms with Gasteiger partial charge in [-0.05, 0) is 27.0 Å². The molecule has 76 valence electrons. The molecule has 0 fully saturated rings. The summed E-state index contributed by atoms with van der Waals surface area (Å²) in [6.07, 6.45) is 0.704. The molecule has 13 heavy (non-hydrogen) atoms. The molecular formula is C9H18N2O2. The Balaban J connectivity index is 4.21. The van der Waals surface area contributed by atoms with Gasteiger partial charge in [-0.2, -0.15) is 0 Å². The second-order valence-corrected chi connectivity index (χ2v) is 3.48. The molecule has 0 rings (SSSR count). The molecule has 0 aliphatic rings. The van der Waals surface area contributed by atoms with Gasteiger partial charge in [-0.1, -0.05) is 6.92 Å². The fourth-order valence-corrected chi connectivity index (χ4v) is 0.711. The predicted molar refractivity (Wildman–Crippen MR) is 52.9 cm³/mol. The van der Waals surface area contributed by atoms with Crippen LogP contribution in [0.4, 0.5) is 0 Å². The normalized spacial score (nSPS) is 13.5. The molecule has 0 bridgehead atoms. The Morgan fingerprint density at radius 2 is 2.23 bits per heavy atom. The molecule has 0 aromatic carbocycles. The van der Waals surface area contributed by atoms with Gasteiger partial charge in [0.15, 0.2) is 0 Å². The summed E-state index contributed by atoms with van der Waals surface area (Å²) in [5, 5.41) is 11.5. The van der Waals surface area contributed by atoms with Crippen LogP contribution in [0.1, 0.15) is 27.2 Å². The summed E-state index contributed by atoms with van der Waals surface area (Å²) in [7, 11) is 0. The first-order valence-corrected chi connectivity index (χ1v) is 4.37. The first-order valence-electron chi connectivity index (χ1n) is 4.37. The summed E-state index contributed by atoms with van der Waals surface area (Å²) in [5.74, 6) is -0.205. The van der Waals surface area contributed by atoms with Crippen LogP contribution in [-0.4, -0.2) is 35.9 Å². The van der Waals surface area contributed by atoms with Crippen molar-refractivity contribution in [1.29, 1.82) is 0 Å². The van der Waals surface area contributed by atoms with E-state index in [9.17, 15) is 4.79 Å². The van der Waals surface area contributed by atoms with Crippen LogP contribution in [-0.2, 0) is 4.79 Å². The topological polar surface area (TPSA) is 61.7 Å². The summed E-state index contributed by atoms with van der Waals surface area (Å²) < 4.78 is 0. The number of carbonyl (C=O) groups is 1. The van der Waals surface area contributed by atoms with Crippen molar-refractivity contribution in [2.45, 2.75) is 38.8 Å². The molecule has 1 atom stereocenters. The van der Waals surface area contributed by atoms with Crippen LogP contribution in [0.15, 0.2) is 4.99 Å². The minimum atomic E-state index is -0.817. The van der Waals surface area contributed by atoms with E-state index in [0.29, 0.717) is 6.42 Å². The second kappa shape index (κ2) is 4.97. The molecule has 4 nitrogen and oxygen atoms in total. The largest absolute Gasteiger partial charge is 0.394 e. The van der Waals surface area contributed by atoms with Crippen LogP contribution in [0.5, 0.6) is 0 Å². The molecule has 0 radical (unpaired) electrons. The number of aliphatic hydroxyl groups excluding tert-OH is 1. The lowest BCUT2D eigenvalue weighted by Gasteiger charge is -2.22. The lowest BCUT2D eigenvalue weighted by atomic mass is 10.1. The molecule has 4 heteroatoms. The standard InChI is InChI=1S/C9H18N2O2/c1-5-7(6-12)11-8(13)9(2,3)10-4/h7,12H,4-6H2,1-3H3,(H,11,13). The SMILES string of the molecule is C=NC(C)(C)C(=O)NC(CC)CO.